The topological polar surface area (TPSA) is 110 Å². The zero-order chi connectivity index (χ0) is 26.8. The summed E-state index contributed by atoms with van der Waals surface area (Å²) >= 11 is 1.15. The van der Waals surface area contributed by atoms with Crippen molar-refractivity contribution in [3.63, 3.8) is 0 Å². The van der Waals surface area contributed by atoms with Crippen molar-refractivity contribution in [2.24, 2.45) is 0 Å². The molecule has 3 heterocycles. The highest BCUT2D eigenvalue weighted by molar-refractivity contribution is 7.99. The highest BCUT2D eigenvalue weighted by Gasteiger charge is 2.21. The minimum Gasteiger partial charge on any atom is -0.486 e. The first-order chi connectivity index (χ1) is 18.3. The number of aromatic nitrogens is 5. The van der Waals surface area contributed by atoms with Gasteiger partial charge in [0.15, 0.2) is 18.1 Å². The predicted molar refractivity (Wildman–Crippen MR) is 141 cm³/mol. The summed E-state index contributed by atoms with van der Waals surface area (Å²) in [6.07, 6.45) is 0. The summed E-state index contributed by atoms with van der Waals surface area (Å²) in [6, 6.07) is 13.5. The molecule has 0 unspecified atom stereocenters. The van der Waals surface area contributed by atoms with Gasteiger partial charge in [0.25, 0.3) is 0 Å². The number of Topliss-reactive ketones (excluding diaryl/α,β-unsaturated/α-hetero) is 1. The van der Waals surface area contributed by atoms with E-state index in [2.05, 4.69) is 15.5 Å². The third-order valence-electron chi connectivity index (χ3n) is 6.23. The Bertz CT molecular complexity index is 1530. The Morgan fingerprint density at radius 1 is 1.00 bits per heavy atom. The molecular formula is C27H27N5O5S. The van der Waals surface area contributed by atoms with Crippen molar-refractivity contribution in [1.29, 1.82) is 0 Å². The van der Waals surface area contributed by atoms with Gasteiger partial charge in [0.2, 0.25) is 10.9 Å². The monoisotopic (exact) mass is 533 g/mol. The van der Waals surface area contributed by atoms with E-state index in [0.717, 1.165) is 45.7 Å². The number of esters is 1. The van der Waals surface area contributed by atoms with Gasteiger partial charge in [-0.15, -0.1) is 5.10 Å². The molecule has 2 aromatic carbocycles. The molecule has 1 aliphatic rings. The van der Waals surface area contributed by atoms with Crippen molar-refractivity contribution >= 4 is 23.5 Å². The lowest BCUT2D eigenvalue weighted by atomic mass is 10.1. The van der Waals surface area contributed by atoms with Gasteiger partial charge < -0.3 is 18.8 Å². The number of rotatable bonds is 8. The van der Waals surface area contributed by atoms with Crippen LogP contribution in [0.3, 0.4) is 0 Å². The molecule has 10 nitrogen and oxygen atoms in total. The number of carbonyl (C=O) groups is 2. The lowest BCUT2D eigenvalue weighted by molar-refractivity contribution is -0.139. The average molecular weight is 534 g/mol. The summed E-state index contributed by atoms with van der Waals surface area (Å²) in [5.74, 6) is 0.532. The van der Waals surface area contributed by atoms with Crippen LogP contribution in [0.4, 0.5) is 0 Å². The van der Waals surface area contributed by atoms with Crippen molar-refractivity contribution in [3.05, 3.63) is 70.5 Å². The average Bonchev–Trinajstić information content (AvgIpc) is 3.50. The molecule has 196 valence electrons. The van der Waals surface area contributed by atoms with Gasteiger partial charge in [0, 0.05) is 28.7 Å². The Balaban J connectivity index is 1.22. The highest BCUT2D eigenvalue weighted by atomic mass is 32.2. The molecule has 0 fully saturated rings. The second-order valence-corrected chi connectivity index (χ2v) is 9.93. The molecule has 4 aromatic rings. The molecule has 1 aliphatic heterocycles. The minimum atomic E-state index is -0.528. The fourth-order valence-corrected chi connectivity index (χ4v) is 5.05. The number of ether oxygens (including phenoxy) is 3. The van der Waals surface area contributed by atoms with Crippen LogP contribution in [0.1, 0.15) is 32.9 Å². The number of fused-ring (bicyclic) bond motifs is 1. The van der Waals surface area contributed by atoms with E-state index in [1.54, 1.807) is 10.7 Å². The molecule has 0 radical (unpaired) electrons. The molecule has 38 heavy (non-hydrogen) atoms. The molecular weight excluding hydrogens is 506 g/mol. The number of hydrogen-bond donors (Lipinski definition) is 0. The number of benzene rings is 2. The summed E-state index contributed by atoms with van der Waals surface area (Å²) in [7, 11) is 0. The molecule has 2 aromatic heterocycles. The van der Waals surface area contributed by atoms with Crippen molar-refractivity contribution < 1.29 is 23.8 Å². The number of ketones is 1. The van der Waals surface area contributed by atoms with Crippen molar-refractivity contribution in [2.45, 2.75) is 32.9 Å². The summed E-state index contributed by atoms with van der Waals surface area (Å²) < 4.78 is 20.2. The van der Waals surface area contributed by atoms with E-state index in [9.17, 15) is 9.59 Å². The molecule has 0 N–H and O–H groups in total. The molecule has 0 atom stereocenters. The highest BCUT2D eigenvalue weighted by Crippen LogP contribution is 2.33. The van der Waals surface area contributed by atoms with E-state index in [1.807, 2.05) is 68.7 Å². The van der Waals surface area contributed by atoms with E-state index >= 15 is 0 Å². The van der Waals surface area contributed by atoms with Gasteiger partial charge in [-0.3, -0.25) is 9.59 Å². The van der Waals surface area contributed by atoms with E-state index in [1.165, 1.54) is 0 Å². The van der Waals surface area contributed by atoms with E-state index < -0.39 is 5.97 Å². The number of hydrogen-bond acceptors (Lipinski definition) is 9. The van der Waals surface area contributed by atoms with E-state index in [0.29, 0.717) is 35.4 Å². The van der Waals surface area contributed by atoms with E-state index in [4.69, 9.17) is 14.2 Å². The van der Waals surface area contributed by atoms with Crippen LogP contribution in [0.25, 0.3) is 11.4 Å². The summed E-state index contributed by atoms with van der Waals surface area (Å²) in [5.41, 5.74) is 5.91. The van der Waals surface area contributed by atoms with Crippen molar-refractivity contribution in [3.8, 4) is 22.9 Å². The largest absolute Gasteiger partial charge is 0.486 e. The van der Waals surface area contributed by atoms with Crippen LogP contribution in [0, 0.1) is 27.7 Å². The van der Waals surface area contributed by atoms with Gasteiger partial charge in [-0.1, -0.05) is 23.9 Å². The maximum Gasteiger partial charge on any atom is 0.316 e. The second-order valence-electron chi connectivity index (χ2n) is 8.98. The quantitative estimate of drug-likeness (QED) is 0.189. The zero-order valence-corrected chi connectivity index (χ0v) is 22.4. The van der Waals surface area contributed by atoms with Crippen LogP contribution >= 0.6 is 11.8 Å². The Kier molecular flexibility index (Phi) is 7.19. The van der Waals surface area contributed by atoms with E-state index in [-0.39, 0.29) is 18.1 Å². The van der Waals surface area contributed by atoms with Crippen LogP contribution in [0.15, 0.2) is 47.6 Å². The first-order valence-electron chi connectivity index (χ1n) is 12.1. The van der Waals surface area contributed by atoms with Crippen LogP contribution in [0.2, 0.25) is 0 Å². The first-order valence-corrected chi connectivity index (χ1v) is 13.1. The maximum absolute atomic E-state index is 13.0. The summed E-state index contributed by atoms with van der Waals surface area (Å²) in [6.45, 7) is 8.40. The molecule has 0 spiro atoms. The standard InChI is InChI=1S/C27H27N5O5S/c1-16-5-6-17(2)22(11-16)32-27(28-29-30-32)38-15-26(34)37-14-23(33)21-12-18(3)31(19(21)4)20-7-8-24-25(13-20)36-10-9-35-24/h5-8,11-13H,9-10,14-15H2,1-4H3. The second kappa shape index (κ2) is 10.7. The third-order valence-corrected chi connectivity index (χ3v) is 7.13. The molecule has 0 saturated heterocycles. The molecule has 5 rings (SSSR count). The summed E-state index contributed by atoms with van der Waals surface area (Å²) in [4.78, 5) is 25.4. The van der Waals surface area contributed by atoms with Gasteiger partial charge in [-0.25, -0.2) is 0 Å². The molecule has 0 saturated carbocycles. The SMILES string of the molecule is Cc1ccc(C)c(-n2nnnc2SCC(=O)OCC(=O)c2cc(C)n(-c3ccc4c(c3)OCCO4)c2C)c1. The Morgan fingerprint density at radius 3 is 2.61 bits per heavy atom. The molecule has 11 heteroatoms. The van der Waals surface area contributed by atoms with Crippen LogP contribution in [-0.2, 0) is 9.53 Å². The van der Waals surface area contributed by atoms with Crippen LogP contribution < -0.4 is 9.47 Å². The minimum absolute atomic E-state index is 0.0330. The molecule has 0 aliphatic carbocycles. The van der Waals surface area contributed by atoms with Crippen LogP contribution in [-0.4, -0.2) is 62.1 Å². The normalized spacial score (nSPS) is 12.4. The zero-order valence-electron chi connectivity index (χ0n) is 21.6. The fraction of sp³-hybridized carbons (Fsp3) is 0.296. The van der Waals surface area contributed by atoms with Gasteiger partial charge in [0.1, 0.15) is 13.2 Å². The van der Waals surface area contributed by atoms with Gasteiger partial charge >= 0.3 is 5.97 Å². The first kappa shape index (κ1) is 25.5. The van der Waals surface area contributed by atoms with Crippen LogP contribution in [0.5, 0.6) is 11.5 Å². The Labute approximate surface area is 223 Å². The third kappa shape index (κ3) is 5.14. The molecule has 0 bridgehead atoms. The lowest BCUT2D eigenvalue weighted by Gasteiger charge is -2.20. The number of carbonyl (C=O) groups excluding carboxylic acids is 2. The number of tetrazole rings is 1. The van der Waals surface area contributed by atoms with Gasteiger partial charge in [-0.2, -0.15) is 4.68 Å². The Morgan fingerprint density at radius 2 is 1.79 bits per heavy atom. The van der Waals surface area contributed by atoms with Gasteiger partial charge in [0.05, 0.1) is 11.4 Å². The maximum atomic E-state index is 13.0. The summed E-state index contributed by atoms with van der Waals surface area (Å²) in [5, 5.41) is 12.3. The molecule has 0 amide bonds. The predicted octanol–water partition coefficient (Wildman–Crippen LogP) is 3.98. The lowest BCUT2D eigenvalue weighted by Crippen LogP contribution is -2.17. The fourth-order valence-electron chi connectivity index (χ4n) is 4.37. The van der Waals surface area contributed by atoms with Gasteiger partial charge in [-0.05, 0) is 73.5 Å². The van der Waals surface area contributed by atoms with Crippen molar-refractivity contribution in [2.75, 3.05) is 25.6 Å². The Hall–Kier alpha value is -4.12. The number of thioether (sulfide) groups is 1. The van der Waals surface area contributed by atoms with Crippen molar-refractivity contribution in [1.82, 2.24) is 24.8 Å². The number of nitrogens with zero attached hydrogens (tertiary/aromatic N) is 5. The smallest absolute Gasteiger partial charge is 0.316 e. The number of aryl methyl sites for hydroxylation is 3.